The third-order valence-electron chi connectivity index (χ3n) is 4.64. The lowest BCUT2D eigenvalue weighted by Crippen LogP contribution is -2.52. The van der Waals surface area contributed by atoms with Crippen LogP contribution in [0.2, 0.25) is 0 Å². The van der Waals surface area contributed by atoms with E-state index in [1.807, 2.05) is 6.07 Å². The maximum absolute atomic E-state index is 13.3. The first kappa shape index (κ1) is 15.9. The number of aliphatic hydroxyl groups excluding tert-OH is 1. The number of carbonyl (C=O) groups excluding carboxylic acids is 2. The zero-order chi connectivity index (χ0) is 16.6. The van der Waals surface area contributed by atoms with E-state index < -0.39 is 6.10 Å². The third-order valence-corrected chi connectivity index (χ3v) is 4.64. The fourth-order valence-electron chi connectivity index (χ4n) is 3.22. The summed E-state index contributed by atoms with van der Waals surface area (Å²) in [5.41, 5.74) is 0.881. The van der Waals surface area contributed by atoms with E-state index in [1.165, 1.54) is 19.1 Å². The molecule has 2 aliphatic rings. The fraction of sp³-hybridized carbons (Fsp3) is 0.529. The van der Waals surface area contributed by atoms with Crippen LogP contribution in [-0.2, 0) is 9.59 Å². The van der Waals surface area contributed by atoms with Gasteiger partial charge in [0.15, 0.2) is 0 Å². The van der Waals surface area contributed by atoms with Gasteiger partial charge in [-0.2, -0.15) is 0 Å². The molecule has 0 spiro atoms. The van der Waals surface area contributed by atoms with Crippen molar-refractivity contribution >= 4 is 11.8 Å². The molecule has 1 saturated carbocycles. The van der Waals surface area contributed by atoms with Gasteiger partial charge in [-0.1, -0.05) is 12.1 Å². The Balaban J connectivity index is 1.54. The molecule has 3 unspecified atom stereocenters. The van der Waals surface area contributed by atoms with Crippen LogP contribution in [0.25, 0.3) is 0 Å². The van der Waals surface area contributed by atoms with Crippen LogP contribution >= 0.6 is 0 Å². The maximum Gasteiger partial charge on any atom is 0.251 e. The van der Waals surface area contributed by atoms with Crippen LogP contribution < -0.4 is 0 Å². The van der Waals surface area contributed by atoms with Crippen LogP contribution in [-0.4, -0.2) is 59.0 Å². The van der Waals surface area contributed by atoms with E-state index in [9.17, 15) is 19.1 Å². The van der Waals surface area contributed by atoms with Gasteiger partial charge in [0.1, 0.15) is 11.9 Å². The van der Waals surface area contributed by atoms with Gasteiger partial charge in [0.2, 0.25) is 5.91 Å². The number of hydrogen-bond donors (Lipinski definition) is 1. The molecule has 1 N–H and O–H groups in total. The predicted octanol–water partition coefficient (Wildman–Crippen LogP) is 0.981. The van der Waals surface area contributed by atoms with Gasteiger partial charge in [0, 0.05) is 32.1 Å². The number of carbonyl (C=O) groups is 2. The summed E-state index contributed by atoms with van der Waals surface area (Å²) >= 11 is 0. The van der Waals surface area contributed by atoms with Gasteiger partial charge in [-0.25, -0.2) is 4.39 Å². The second-order valence-electron chi connectivity index (χ2n) is 6.33. The zero-order valence-corrected chi connectivity index (χ0v) is 13.1. The molecule has 2 fully saturated rings. The van der Waals surface area contributed by atoms with Crippen molar-refractivity contribution in [3.63, 3.8) is 0 Å². The van der Waals surface area contributed by atoms with Crippen LogP contribution in [0.4, 0.5) is 4.39 Å². The van der Waals surface area contributed by atoms with Crippen molar-refractivity contribution in [3.8, 4) is 0 Å². The molecule has 0 radical (unpaired) electrons. The van der Waals surface area contributed by atoms with Crippen LogP contribution in [0.5, 0.6) is 0 Å². The molecule has 0 aromatic heterocycles. The van der Waals surface area contributed by atoms with Gasteiger partial charge in [-0.05, 0) is 37.0 Å². The van der Waals surface area contributed by atoms with E-state index in [0.29, 0.717) is 26.2 Å². The predicted molar refractivity (Wildman–Crippen MR) is 82.1 cm³/mol. The molecule has 3 atom stereocenters. The number of nitrogens with zero attached hydrogens (tertiary/aromatic N) is 2. The minimum absolute atomic E-state index is 0.0733. The number of amides is 2. The van der Waals surface area contributed by atoms with E-state index in [2.05, 4.69) is 0 Å². The molecule has 6 heteroatoms. The molecule has 1 aromatic carbocycles. The van der Waals surface area contributed by atoms with Gasteiger partial charge in [0.05, 0.1) is 0 Å². The summed E-state index contributed by atoms with van der Waals surface area (Å²) in [5, 5.41) is 9.33. The van der Waals surface area contributed by atoms with Crippen molar-refractivity contribution in [2.75, 3.05) is 26.2 Å². The first-order valence-corrected chi connectivity index (χ1v) is 7.98. The van der Waals surface area contributed by atoms with E-state index in [-0.39, 0.29) is 29.5 Å². The summed E-state index contributed by atoms with van der Waals surface area (Å²) in [5.74, 6) is -0.443. The maximum atomic E-state index is 13.3. The highest BCUT2D eigenvalue weighted by Gasteiger charge is 2.46. The monoisotopic (exact) mass is 320 g/mol. The number of hydrogen-bond acceptors (Lipinski definition) is 3. The largest absolute Gasteiger partial charge is 0.384 e. The van der Waals surface area contributed by atoms with E-state index >= 15 is 0 Å². The highest BCUT2D eigenvalue weighted by Crippen LogP contribution is 2.48. The average molecular weight is 320 g/mol. The third kappa shape index (κ3) is 3.37. The highest BCUT2D eigenvalue weighted by molar-refractivity contribution is 5.84. The van der Waals surface area contributed by atoms with Crippen molar-refractivity contribution in [1.29, 1.82) is 0 Å². The van der Waals surface area contributed by atoms with Crippen LogP contribution in [0.15, 0.2) is 24.3 Å². The van der Waals surface area contributed by atoms with Crippen LogP contribution in [0, 0.1) is 11.7 Å². The summed E-state index contributed by atoms with van der Waals surface area (Å²) < 4.78 is 13.3. The lowest BCUT2D eigenvalue weighted by Gasteiger charge is -2.35. The van der Waals surface area contributed by atoms with Crippen LogP contribution in [0.1, 0.15) is 24.8 Å². The van der Waals surface area contributed by atoms with Gasteiger partial charge >= 0.3 is 0 Å². The molecule has 124 valence electrons. The molecule has 1 heterocycles. The molecule has 5 nitrogen and oxygen atoms in total. The second-order valence-corrected chi connectivity index (χ2v) is 6.33. The molecule has 1 aliphatic heterocycles. The normalized spacial score (nSPS) is 25.2. The average Bonchev–Trinajstić information content (AvgIpc) is 3.34. The minimum Gasteiger partial charge on any atom is -0.384 e. The standard InChI is InChI=1S/C17H21FN2O3/c1-11(21)16(22)19-5-7-20(8-6-19)17(23)15-10-14(15)12-3-2-4-13(18)9-12/h2-4,9,11,14-15,21H,5-8,10H2,1H3. The van der Waals surface area contributed by atoms with E-state index in [4.69, 9.17) is 0 Å². The summed E-state index contributed by atoms with van der Waals surface area (Å²) in [6.45, 7) is 3.33. The summed E-state index contributed by atoms with van der Waals surface area (Å²) in [7, 11) is 0. The van der Waals surface area contributed by atoms with E-state index in [0.717, 1.165) is 12.0 Å². The van der Waals surface area contributed by atoms with Crippen molar-refractivity contribution < 1.29 is 19.1 Å². The molecule has 23 heavy (non-hydrogen) atoms. The molecule has 1 aromatic rings. The number of rotatable bonds is 3. The SMILES string of the molecule is CC(O)C(=O)N1CCN(C(=O)C2CC2c2cccc(F)c2)CC1. The van der Waals surface area contributed by atoms with Gasteiger partial charge < -0.3 is 14.9 Å². The second kappa shape index (κ2) is 6.28. The highest BCUT2D eigenvalue weighted by atomic mass is 19.1. The Morgan fingerprint density at radius 3 is 2.48 bits per heavy atom. The van der Waals surface area contributed by atoms with Crippen molar-refractivity contribution in [1.82, 2.24) is 9.80 Å². The Morgan fingerprint density at radius 2 is 1.87 bits per heavy atom. The Hall–Kier alpha value is -1.95. The molecule has 0 bridgehead atoms. The Bertz CT molecular complexity index is 612. The zero-order valence-electron chi connectivity index (χ0n) is 13.1. The van der Waals surface area contributed by atoms with Crippen LogP contribution in [0.3, 0.4) is 0 Å². The van der Waals surface area contributed by atoms with Gasteiger partial charge in [-0.3, -0.25) is 9.59 Å². The topological polar surface area (TPSA) is 60.9 Å². The molecule has 2 amide bonds. The first-order chi connectivity index (χ1) is 11.0. The molecule has 3 rings (SSSR count). The Kier molecular flexibility index (Phi) is 4.35. The van der Waals surface area contributed by atoms with Crippen molar-refractivity contribution in [3.05, 3.63) is 35.6 Å². The molecule has 1 aliphatic carbocycles. The van der Waals surface area contributed by atoms with Gasteiger partial charge in [0.25, 0.3) is 5.91 Å². The minimum atomic E-state index is -1.00. The summed E-state index contributed by atoms with van der Waals surface area (Å²) in [6, 6.07) is 6.43. The lowest BCUT2D eigenvalue weighted by atomic mass is 10.1. The smallest absolute Gasteiger partial charge is 0.251 e. The number of benzene rings is 1. The summed E-state index contributed by atoms with van der Waals surface area (Å²) in [4.78, 5) is 27.6. The quantitative estimate of drug-likeness (QED) is 0.903. The van der Waals surface area contributed by atoms with Gasteiger partial charge in [-0.15, -0.1) is 0 Å². The molecular formula is C17H21FN2O3. The number of halogens is 1. The number of aliphatic hydroxyl groups is 1. The lowest BCUT2D eigenvalue weighted by molar-refractivity contribution is -0.145. The molecule has 1 saturated heterocycles. The first-order valence-electron chi connectivity index (χ1n) is 7.98. The van der Waals surface area contributed by atoms with Crippen molar-refractivity contribution in [2.24, 2.45) is 5.92 Å². The fourth-order valence-corrected chi connectivity index (χ4v) is 3.22. The summed E-state index contributed by atoms with van der Waals surface area (Å²) in [6.07, 6.45) is -0.243. The number of piperazine rings is 1. The van der Waals surface area contributed by atoms with Crippen molar-refractivity contribution in [2.45, 2.75) is 25.4 Å². The Labute approximate surface area is 134 Å². The van der Waals surface area contributed by atoms with E-state index in [1.54, 1.807) is 15.9 Å². The Morgan fingerprint density at radius 1 is 1.22 bits per heavy atom. The molecular weight excluding hydrogens is 299 g/mol.